The number of nitrogens with one attached hydrogen (secondary N) is 1. The molecule has 1 amide bonds. The first-order valence-electron chi connectivity index (χ1n) is 6.35. The van der Waals surface area contributed by atoms with Crippen LogP contribution in [0.2, 0.25) is 5.02 Å². The van der Waals surface area contributed by atoms with Crippen LogP contribution < -0.4 is 5.32 Å². The summed E-state index contributed by atoms with van der Waals surface area (Å²) in [5.41, 5.74) is -0.388. The van der Waals surface area contributed by atoms with Crippen LogP contribution in [0.15, 0.2) is 18.2 Å². The van der Waals surface area contributed by atoms with Crippen molar-refractivity contribution in [3.05, 3.63) is 38.9 Å². The molecule has 0 radical (unpaired) electrons. The van der Waals surface area contributed by atoms with Gasteiger partial charge in [-0.2, -0.15) is 0 Å². The van der Waals surface area contributed by atoms with Crippen molar-refractivity contribution < 1.29 is 19.6 Å². The Kier molecular flexibility index (Phi) is 6.61. The molecule has 2 N–H and O–H groups in total. The molecule has 0 aliphatic carbocycles. The molecular formula is C13H15ClN2O5. The van der Waals surface area contributed by atoms with Gasteiger partial charge in [-0.1, -0.05) is 18.0 Å². The van der Waals surface area contributed by atoms with Crippen LogP contribution in [0, 0.1) is 10.1 Å². The lowest BCUT2D eigenvalue weighted by atomic mass is 10.1. The van der Waals surface area contributed by atoms with Crippen molar-refractivity contribution in [3.63, 3.8) is 0 Å². The third-order valence-electron chi connectivity index (χ3n) is 2.75. The summed E-state index contributed by atoms with van der Waals surface area (Å²) in [5.74, 6) is -1.42. The molecule has 0 bridgehead atoms. The highest BCUT2D eigenvalue weighted by Gasteiger charge is 2.19. The molecule has 0 atom stereocenters. The smallest absolute Gasteiger partial charge is 0.303 e. The van der Waals surface area contributed by atoms with E-state index in [4.69, 9.17) is 16.7 Å². The molecule has 0 unspecified atom stereocenters. The van der Waals surface area contributed by atoms with E-state index in [0.717, 1.165) is 0 Å². The second kappa shape index (κ2) is 8.21. The zero-order valence-corrected chi connectivity index (χ0v) is 11.9. The van der Waals surface area contributed by atoms with Crippen molar-refractivity contribution in [3.8, 4) is 0 Å². The van der Waals surface area contributed by atoms with Gasteiger partial charge in [0.25, 0.3) is 11.6 Å². The fourth-order valence-corrected chi connectivity index (χ4v) is 1.90. The summed E-state index contributed by atoms with van der Waals surface area (Å²) in [6, 6.07) is 3.78. The molecule has 21 heavy (non-hydrogen) atoms. The van der Waals surface area contributed by atoms with Crippen LogP contribution in [0.25, 0.3) is 0 Å². The van der Waals surface area contributed by atoms with Crippen molar-refractivity contribution in [2.45, 2.75) is 25.7 Å². The molecule has 0 aromatic heterocycles. The normalized spacial score (nSPS) is 10.1. The Labute approximate surface area is 126 Å². The number of rotatable bonds is 8. The predicted octanol–water partition coefficient (Wildman–Crippen LogP) is 2.62. The first-order valence-corrected chi connectivity index (χ1v) is 6.73. The average Bonchev–Trinajstić information content (AvgIpc) is 2.41. The van der Waals surface area contributed by atoms with E-state index in [-0.39, 0.29) is 22.7 Å². The van der Waals surface area contributed by atoms with Gasteiger partial charge < -0.3 is 10.4 Å². The van der Waals surface area contributed by atoms with Crippen LogP contribution in [0.5, 0.6) is 0 Å². The standard InChI is InChI=1S/C13H15ClN2O5/c14-9-5-6-11(16(20)21)10(8-9)13(19)15-7-3-1-2-4-12(17)18/h5-6,8H,1-4,7H2,(H,15,19)(H,17,18). The summed E-state index contributed by atoms with van der Waals surface area (Å²) in [5, 5.41) is 22.1. The third-order valence-corrected chi connectivity index (χ3v) is 2.99. The van der Waals surface area contributed by atoms with Crippen molar-refractivity contribution in [2.75, 3.05) is 6.54 Å². The minimum Gasteiger partial charge on any atom is -0.481 e. The van der Waals surface area contributed by atoms with E-state index in [0.29, 0.717) is 25.8 Å². The molecule has 0 aliphatic rings. The van der Waals surface area contributed by atoms with Gasteiger partial charge in [0, 0.05) is 24.1 Å². The highest BCUT2D eigenvalue weighted by atomic mass is 35.5. The molecule has 0 saturated heterocycles. The fraction of sp³-hybridized carbons (Fsp3) is 0.385. The highest BCUT2D eigenvalue weighted by Crippen LogP contribution is 2.22. The van der Waals surface area contributed by atoms with Crippen molar-refractivity contribution in [2.24, 2.45) is 0 Å². The lowest BCUT2D eigenvalue weighted by Crippen LogP contribution is -2.25. The van der Waals surface area contributed by atoms with E-state index in [2.05, 4.69) is 5.32 Å². The number of aliphatic carboxylic acids is 1. The van der Waals surface area contributed by atoms with Crippen LogP contribution in [-0.2, 0) is 4.79 Å². The largest absolute Gasteiger partial charge is 0.481 e. The van der Waals surface area contributed by atoms with Crippen LogP contribution in [0.4, 0.5) is 5.69 Å². The van der Waals surface area contributed by atoms with E-state index in [1.807, 2.05) is 0 Å². The number of benzene rings is 1. The van der Waals surface area contributed by atoms with Crippen LogP contribution in [0.1, 0.15) is 36.0 Å². The minimum absolute atomic E-state index is 0.0852. The minimum atomic E-state index is -0.853. The second-order valence-corrected chi connectivity index (χ2v) is 4.82. The van der Waals surface area contributed by atoms with Gasteiger partial charge in [-0.15, -0.1) is 0 Å². The highest BCUT2D eigenvalue weighted by molar-refractivity contribution is 6.31. The zero-order valence-electron chi connectivity index (χ0n) is 11.2. The molecular weight excluding hydrogens is 300 g/mol. The predicted molar refractivity (Wildman–Crippen MR) is 76.5 cm³/mol. The Hall–Kier alpha value is -2.15. The number of carbonyl (C=O) groups is 2. The van der Waals surface area contributed by atoms with Gasteiger partial charge in [0.1, 0.15) is 5.56 Å². The first-order chi connectivity index (χ1) is 9.91. The number of hydrogen-bond acceptors (Lipinski definition) is 4. The summed E-state index contributed by atoms with van der Waals surface area (Å²) in [6.45, 7) is 0.322. The number of halogens is 1. The molecule has 1 rings (SSSR count). The molecule has 114 valence electrons. The Morgan fingerprint density at radius 1 is 1.29 bits per heavy atom. The Balaban J connectivity index is 2.50. The number of nitrogens with zero attached hydrogens (tertiary/aromatic N) is 1. The maximum atomic E-state index is 11.9. The Bertz CT molecular complexity index is 547. The lowest BCUT2D eigenvalue weighted by molar-refractivity contribution is -0.385. The molecule has 0 spiro atoms. The topological polar surface area (TPSA) is 110 Å². The van der Waals surface area contributed by atoms with E-state index in [1.165, 1.54) is 18.2 Å². The number of carboxylic acids is 1. The first kappa shape index (κ1) is 16.9. The van der Waals surface area contributed by atoms with Gasteiger partial charge in [0.15, 0.2) is 0 Å². The average molecular weight is 315 g/mol. The van der Waals surface area contributed by atoms with Crippen molar-refractivity contribution in [1.82, 2.24) is 5.32 Å². The monoisotopic (exact) mass is 314 g/mol. The Morgan fingerprint density at radius 3 is 2.62 bits per heavy atom. The van der Waals surface area contributed by atoms with Gasteiger partial charge in [0.2, 0.25) is 0 Å². The zero-order chi connectivity index (χ0) is 15.8. The van der Waals surface area contributed by atoms with E-state index >= 15 is 0 Å². The number of hydrogen-bond donors (Lipinski definition) is 2. The number of unbranched alkanes of at least 4 members (excludes halogenated alkanes) is 2. The van der Waals surface area contributed by atoms with Crippen molar-refractivity contribution >= 4 is 29.2 Å². The number of amides is 1. The number of nitro benzene ring substituents is 1. The molecule has 0 saturated carbocycles. The summed E-state index contributed by atoms with van der Waals surface area (Å²) in [4.78, 5) is 32.4. The van der Waals surface area contributed by atoms with E-state index in [9.17, 15) is 19.7 Å². The maximum absolute atomic E-state index is 11.9. The number of carboxylic acid groups (broad SMARTS) is 1. The van der Waals surface area contributed by atoms with E-state index in [1.54, 1.807) is 0 Å². The second-order valence-electron chi connectivity index (χ2n) is 4.38. The summed E-state index contributed by atoms with van der Waals surface area (Å²) in [7, 11) is 0. The van der Waals surface area contributed by atoms with Gasteiger partial charge in [-0.3, -0.25) is 19.7 Å². The fourth-order valence-electron chi connectivity index (χ4n) is 1.72. The number of nitro groups is 1. The molecule has 1 aromatic carbocycles. The maximum Gasteiger partial charge on any atom is 0.303 e. The summed E-state index contributed by atoms with van der Waals surface area (Å²) in [6.07, 6.45) is 1.88. The SMILES string of the molecule is O=C(O)CCCCCNC(=O)c1cc(Cl)ccc1[N+](=O)[O-]. The number of carbonyl (C=O) groups excluding carboxylic acids is 1. The third kappa shape index (κ3) is 5.78. The van der Waals surface area contributed by atoms with E-state index < -0.39 is 16.8 Å². The van der Waals surface area contributed by atoms with Gasteiger partial charge >= 0.3 is 5.97 Å². The Morgan fingerprint density at radius 2 is 2.00 bits per heavy atom. The van der Waals surface area contributed by atoms with Gasteiger partial charge in [-0.25, -0.2) is 0 Å². The van der Waals surface area contributed by atoms with Gasteiger partial charge in [-0.05, 0) is 25.0 Å². The quantitative estimate of drug-likeness (QED) is 0.435. The van der Waals surface area contributed by atoms with Crippen molar-refractivity contribution in [1.29, 1.82) is 0 Å². The van der Waals surface area contributed by atoms with Crippen LogP contribution >= 0.6 is 11.6 Å². The summed E-state index contributed by atoms with van der Waals surface area (Å²) >= 11 is 5.74. The molecule has 8 heteroatoms. The molecule has 1 aromatic rings. The van der Waals surface area contributed by atoms with Crippen LogP contribution in [-0.4, -0.2) is 28.5 Å². The van der Waals surface area contributed by atoms with Gasteiger partial charge in [0.05, 0.1) is 4.92 Å². The summed E-state index contributed by atoms with van der Waals surface area (Å²) < 4.78 is 0. The lowest BCUT2D eigenvalue weighted by Gasteiger charge is -2.06. The molecule has 7 nitrogen and oxygen atoms in total. The molecule has 0 aliphatic heterocycles. The molecule has 0 heterocycles. The van der Waals surface area contributed by atoms with Crippen LogP contribution in [0.3, 0.4) is 0 Å². The molecule has 0 fully saturated rings.